The van der Waals surface area contributed by atoms with Gasteiger partial charge in [-0.25, -0.2) is 0 Å². The van der Waals surface area contributed by atoms with E-state index >= 15 is 0 Å². The molecule has 4 nitrogen and oxygen atoms in total. The molecule has 1 aromatic rings. The van der Waals surface area contributed by atoms with E-state index < -0.39 is 5.91 Å². The van der Waals surface area contributed by atoms with Gasteiger partial charge in [-0.15, -0.1) is 0 Å². The van der Waals surface area contributed by atoms with Crippen molar-refractivity contribution in [2.75, 3.05) is 11.1 Å². The highest BCUT2D eigenvalue weighted by Gasteiger charge is 2.29. The van der Waals surface area contributed by atoms with Crippen LogP contribution in [0.3, 0.4) is 0 Å². The summed E-state index contributed by atoms with van der Waals surface area (Å²) in [5.41, 5.74) is 13.1. The number of rotatable bonds is 3. The number of benzene rings is 1. The van der Waals surface area contributed by atoms with Gasteiger partial charge in [-0.2, -0.15) is 0 Å². The smallest absolute Gasteiger partial charge is 0.248 e. The van der Waals surface area contributed by atoms with Crippen LogP contribution < -0.4 is 16.8 Å². The van der Waals surface area contributed by atoms with Crippen molar-refractivity contribution in [1.29, 1.82) is 0 Å². The van der Waals surface area contributed by atoms with Crippen molar-refractivity contribution in [3.05, 3.63) is 23.8 Å². The van der Waals surface area contributed by atoms with Gasteiger partial charge < -0.3 is 16.8 Å². The number of nitrogen functional groups attached to an aromatic ring is 1. The molecule has 1 aromatic carbocycles. The van der Waals surface area contributed by atoms with E-state index in [1.165, 1.54) is 12.8 Å². The number of nitrogens with two attached hydrogens (primary N) is 2. The monoisotopic (exact) mass is 247 g/mol. The molecule has 0 heterocycles. The molecular formula is C14H21N3O. The summed E-state index contributed by atoms with van der Waals surface area (Å²) in [6.45, 7) is 4.55. The molecule has 3 atom stereocenters. The maximum atomic E-state index is 11.1. The normalized spacial score (nSPS) is 27.1. The second kappa shape index (κ2) is 4.88. The van der Waals surface area contributed by atoms with Crippen LogP contribution in [0.15, 0.2) is 18.2 Å². The molecule has 1 saturated carbocycles. The Hall–Kier alpha value is -1.71. The Kier molecular flexibility index (Phi) is 3.45. The van der Waals surface area contributed by atoms with Gasteiger partial charge in [-0.05, 0) is 42.9 Å². The first-order valence-electron chi connectivity index (χ1n) is 6.45. The summed E-state index contributed by atoms with van der Waals surface area (Å²) in [4.78, 5) is 11.1. The Balaban J connectivity index is 2.13. The van der Waals surface area contributed by atoms with E-state index in [9.17, 15) is 4.79 Å². The summed E-state index contributed by atoms with van der Waals surface area (Å²) in [5, 5.41) is 3.48. The van der Waals surface area contributed by atoms with Crippen molar-refractivity contribution in [2.24, 2.45) is 17.6 Å². The van der Waals surface area contributed by atoms with Gasteiger partial charge >= 0.3 is 0 Å². The zero-order chi connectivity index (χ0) is 13.3. The van der Waals surface area contributed by atoms with Crippen molar-refractivity contribution in [1.82, 2.24) is 0 Å². The SMILES string of the molecule is CC1CCC(Nc2ccc(C(N)=O)cc2N)C1C. The number of primary amides is 1. The molecule has 98 valence electrons. The van der Waals surface area contributed by atoms with E-state index in [1.807, 2.05) is 6.07 Å². The summed E-state index contributed by atoms with van der Waals surface area (Å²) in [6.07, 6.45) is 2.41. The Morgan fingerprint density at radius 1 is 1.33 bits per heavy atom. The third-order valence-corrected chi connectivity index (χ3v) is 4.14. The summed E-state index contributed by atoms with van der Waals surface area (Å²) in [5.74, 6) is 0.935. The molecule has 3 unspecified atom stereocenters. The van der Waals surface area contributed by atoms with E-state index in [0.29, 0.717) is 23.2 Å². The van der Waals surface area contributed by atoms with Crippen LogP contribution in [0.4, 0.5) is 11.4 Å². The van der Waals surface area contributed by atoms with Crippen molar-refractivity contribution in [3.8, 4) is 0 Å². The second-order valence-electron chi connectivity index (χ2n) is 5.33. The fourth-order valence-corrected chi connectivity index (χ4v) is 2.62. The highest BCUT2D eigenvalue weighted by Crippen LogP contribution is 2.34. The van der Waals surface area contributed by atoms with E-state index in [-0.39, 0.29) is 0 Å². The van der Waals surface area contributed by atoms with E-state index in [0.717, 1.165) is 11.6 Å². The number of nitrogens with one attached hydrogen (secondary N) is 1. The van der Waals surface area contributed by atoms with Crippen molar-refractivity contribution >= 4 is 17.3 Å². The van der Waals surface area contributed by atoms with Crippen LogP contribution >= 0.6 is 0 Å². The molecule has 0 saturated heterocycles. The molecule has 4 heteroatoms. The Bertz CT molecular complexity index is 458. The quantitative estimate of drug-likeness (QED) is 0.716. The minimum atomic E-state index is -0.448. The van der Waals surface area contributed by atoms with Crippen molar-refractivity contribution in [2.45, 2.75) is 32.7 Å². The zero-order valence-corrected chi connectivity index (χ0v) is 10.9. The van der Waals surface area contributed by atoms with Crippen LogP contribution in [-0.2, 0) is 0 Å². The molecular weight excluding hydrogens is 226 g/mol. The number of anilines is 2. The maximum Gasteiger partial charge on any atom is 0.248 e. The predicted molar refractivity (Wildman–Crippen MR) is 74.3 cm³/mol. The fraction of sp³-hybridized carbons (Fsp3) is 0.500. The summed E-state index contributed by atoms with van der Waals surface area (Å²) < 4.78 is 0. The standard InChI is InChI=1S/C14H21N3O/c1-8-3-5-12(9(8)2)17-13-6-4-10(14(16)18)7-11(13)15/h4,6-9,12,17H,3,5,15H2,1-2H3,(H2,16,18). The molecule has 0 aromatic heterocycles. The number of carbonyl (C=O) groups excluding carboxylic acids is 1. The lowest BCUT2D eigenvalue weighted by Crippen LogP contribution is -2.24. The molecule has 0 bridgehead atoms. The molecule has 0 radical (unpaired) electrons. The van der Waals surface area contributed by atoms with Crippen LogP contribution in [0.25, 0.3) is 0 Å². The minimum absolute atomic E-state index is 0.448. The fourth-order valence-electron chi connectivity index (χ4n) is 2.62. The minimum Gasteiger partial charge on any atom is -0.397 e. The van der Waals surface area contributed by atoms with Gasteiger partial charge in [0.25, 0.3) is 0 Å². The van der Waals surface area contributed by atoms with Gasteiger partial charge in [0.15, 0.2) is 0 Å². The molecule has 5 N–H and O–H groups in total. The van der Waals surface area contributed by atoms with Gasteiger partial charge in [0, 0.05) is 11.6 Å². The average molecular weight is 247 g/mol. The van der Waals surface area contributed by atoms with Gasteiger partial charge in [-0.1, -0.05) is 13.8 Å². The average Bonchev–Trinajstić information content (AvgIpc) is 2.63. The maximum absolute atomic E-state index is 11.1. The second-order valence-corrected chi connectivity index (χ2v) is 5.33. The number of carbonyl (C=O) groups is 1. The number of hydrogen-bond acceptors (Lipinski definition) is 3. The summed E-state index contributed by atoms with van der Waals surface area (Å²) >= 11 is 0. The third kappa shape index (κ3) is 2.42. The van der Waals surface area contributed by atoms with Crippen molar-refractivity contribution < 1.29 is 4.79 Å². The molecule has 0 aliphatic heterocycles. The summed E-state index contributed by atoms with van der Waals surface area (Å²) in [7, 11) is 0. The van der Waals surface area contributed by atoms with E-state index in [4.69, 9.17) is 11.5 Å². The Morgan fingerprint density at radius 2 is 2.06 bits per heavy atom. The Morgan fingerprint density at radius 3 is 2.56 bits per heavy atom. The largest absolute Gasteiger partial charge is 0.397 e. The van der Waals surface area contributed by atoms with E-state index in [2.05, 4.69) is 19.2 Å². The zero-order valence-electron chi connectivity index (χ0n) is 10.9. The van der Waals surface area contributed by atoms with E-state index in [1.54, 1.807) is 12.1 Å². The van der Waals surface area contributed by atoms with Crippen LogP contribution in [0.5, 0.6) is 0 Å². The van der Waals surface area contributed by atoms with Gasteiger partial charge in [0.2, 0.25) is 5.91 Å². The first-order valence-corrected chi connectivity index (χ1v) is 6.45. The van der Waals surface area contributed by atoms with Crippen LogP contribution in [0.2, 0.25) is 0 Å². The van der Waals surface area contributed by atoms with Crippen molar-refractivity contribution in [3.63, 3.8) is 0 Å². The predicted octanol–water partition coefficient (Wildman–Crippen LogP) is 2.21. The molecule has 18 heavy (non-hydrogen) atoms. The Labute approximate surface area is 108 Å². The van der Waals surface area contributed by atoms with Crippen LogP contribution in [0, 0.1) is 11.8 Å². The van der Waals surface area contributed by atoms with Gasteiger partial charge in [0.05, 0.1) is 11.4 Å². The number of amides is 1. The van der Waals surface area contributed by atoms with Crippen LogP contribution in [0.1, 0.15) is 37.0 Å². The molecule has 1 aliphatic rings. The third-order valence-electron chi connectivity index (χ3n) is 4.14. The van der Waals surface area contributed by atoms with Gasteiger partial charge in [-0.3, -0.25) is 4.79 Å². The molecule has 1 fully saturated rings. The molecule has 1 aliphatic carbocycles. The van der Waals surface area contributed by atoms with Crippen LogP contribution in [-0.4, -0.2) is 11.9 Å². The molecule has 0 spiro atoms. The lowest BCUT2D eigenvalue weighted by atomic mass is 9.97. The van der Waals surface area contributed by atoms with Gasteiger partial charge in [0.1, 0.15) is 0 Å². The lowest BCUT2D eigenvalue weighted by molar-refractivity contribution is 0.100. The number of hydrogen-bond donors (Lipinski definition) is 3. The first-order chi connectivity index (χ1) is 8.49. The lowest BCUT2D eigenvalue weighted by Gasteiger charge is -2.22. The molecule has 2 rings (SSSR count). The molecule has 1 amide bonds. The first kappa shape index (κ1) is 12.7. The highest BCUT2D eigenvalue weighted by atomic mass is 16.1. The highest BCUT2D eigenvalue weighted by molar-refractivity contribution is 5.94. The summed E-state index contributed by atoms with van der Waals surface area (Å²) in [6, 6.07) is 5.64. The topological polar surface area (TPSA) is 81.1 Å².